The third-order valence-electron chi connectivity index (χ3n) is 2.29. The Balaban J connectivity index is 2.40. The van der Waals surface area contributed by atoms with Gasteiger partial charge >= 0.3 is 6.18 Å². The molecule has 0 N–H and O–H groups in total. The van der Waals surface area contributed by atoms with Crippen LogP contribution in [0.5, 0.6) is 0 Å². The fraction of sp³-hybridized carbons (Fsp3) is 0.0833. The minimum atomic E-state index is -4.29. The summed E-state index contributed by atoms with van der Waals surface area (Å²) in [5.74, 6) is 0. The Labute approximate surface area is 110 Å². The van der Waals surface area contributed by atoms with Gasteiger partial charge in [0.1, 0.15) is 0 Å². The Hall–Kier alpha value is -1.11. The van der Waals surface area contributed by atoms with Gasteiger partial charge in [0.25, 0.3) is 0 Å². The highest BCUT2D eigenvalue weighted by molar-refractivity contribution is 14.1. The SMILES string of the molecule is FC(F)(F)c1ccc(-c2cnccc2I)cc1. The quantitative estimate of drug-likeness (QED) is 0.697. The number of halogens is 4. The zero-order chi connectivity index (χ0) is 12.5. The molecule has 0 aliphatic rings. The van der Waals surface area contributed by atoms with Crippen molar-refractivity contribution in [2.45, 2.75) is 6.18 Å². The molecule has 0 aliphatic carbocycles. The topological polar surface area (TPSA) is 12.9 Å². The Morgan fingerprint density at radius 2 is 1.65 bits per heavy atom. The van der Waals surface area contributed by atoms with Gasteiger partial charge in [0, 0.05) is 21.5 Å². The van der Waals surface area contributed by atoms with Gasteiger partial charge in [-0.2, -0.15) is 13.2 Å². The summed E-state index contributed by atoms with van der Waals surface area (Å²) in [7, 11) is 0. The van der Waals surface area contributed by atoms with E-state index in [1.54, 1.807) is 12.4 Å². The summed E-state index contributed by atoms with van der Waals surface area (Å²) < 4.78 is 38.1. The number of pyridine rings is 1. The van der Waals surface area contributed by atoms with Crippen molar-refractivity contribution >= 4 is 22.6 Å². The van der Waals surface area contributed by atoms with E-state index < -0.39 is 11.7 Å². The summed E-state index contributed by atoms with van der Waals surface area (Å²) in [6, 6.07) is 6.90. The Morgan fingerprint density at radius 1 is 1.00 bits per heavy atom. The van der Waals surface area contributed by atoms with Crippen LogP contribution in [0.4, 0.5) is 13.2 Å². The Kier molecular flexibility index (Phi) is 3.37. The van der Waals surface area contributed by atoms with Crippen LogP contribution in [0.1, 0.15) is 5.56 Å². The molecular weight excluding hydrogens is 342 g/mol. The van der Waals surface area contributed by atoms with Crippen molar-refractivity contribution in [2.75, 3.05) is 0 Å². The van der Waals surface area contributed by atoms with E-state index in [1.165, 1.54) is 12.1 Å². The van der Waals surface area contributed by atoms with E-state index in [-0.39, 0.29) is 0 Å². The maximum Gasteiger partial charge on any atom is 0.416 e. The normalized spacial score (nSPS) is 11.5. The Bertz CT molecular complexity index is 520. The second-order valence-corrected chi connectivity index (χ2v) is 4.59. The summed E-state index contributed by atoms with van der Waals surface area (Å²) in [6.07, 6.45) is -1.000. The average molecular weight is 349 g/mol. The van der Waals surface area contributed by atoms with Crippen LogP contribution in [0.15, 0.2) is 42.7 Å². The average Bonchev–Trinajstić information content (AvgIpc) is 2.29. The lowest BCUT2D eigenvalue weighted by atomic mass is 10.1. The second kappa shape index (κ2) is 4.64. The lowest BCUT2D eigenvalue weighted by Gasteiger charge is -2.08. The van der Waals surface area contributed by atoms with Gasteiger partial charge in [-0.1, -0.05) is 12.1 Å². The van der Waals surface area contributed by atoms with Crippen molar-refractivity contribution in [3.63, 3.8) is 0 Å². The summed E-state index contributed by atoms with van der Waals surface area (Å²) in [6.45, 7) is 0. The first-order chi connectivity index (χ1) is 7.98. The smallest absolute Gasteiger partial charge is 0.264 e. The van der Waals surface area contributed by atoms with Crippen LogP contribution in [0.25, 0.3) is 11.1 Å². The van der Waals surface area contributed by atoms with Crippen molar-refractivity contribution in [3.05, 3.63) is 51.9 Å². The van der Waals surface area contributed by atoms with E-state index in [0.717, 1.165) is 26.8 Å². The number of hydrogen-bond acceptors (Lipinski definition) is 1. The van der Waals surface area contributed by atoms with Gasteiger partial charge in [-0.3, -0.25) is 4.98 Å². The van der Waals surface area contributed by atoms with Crippen LogP contribution in [0.3, 0.4) is 0 Å². The lowest BCUT2D eigenvalue weighted by molar-refractivity contribution is -0.137. The largest absolute Gasteiger partial charge is 0.416 e. The predicted octanol–water partition coefficient (Wildman–Crippen LogP) is 4.37. The molecule has 0 saturated carbocycles. The molecule has 2 rings (SSSR count). The lowest BCUT2D eigenvalue weighted by Crippen LogP contribution is -2.04. The molecule has 0 amide bonds. The molecule has 0 fully saturated rings. The number of hydrogen-bond donors (Lipinski definition) is 0. The minimum Gasteiger partial charge on any atom is -0.264 e. The number of benzene rings is 1. The van der Waals surface area contributed by atoms with E-state index in [0.29, 0.717) is 0 Å². The molecule has 1 heterocycles. The van der Waals surface area contributed by atoms with Crippen LogP contribution in [-0.4, -0.2) is 4.98 Å². The van der Waals surface area contributed by atoms with Crippen LogP contribution >= 0.6 is 22.6 Å². The molecule has 88 valence electrons. The number of nitrogens with zero attached hydrogens (tertiary/aromatic N) is 1. The molecule has 1 aromatic carbocycles. The number of aromatic nitrogens is 1. The molecule has 0 spiro atoms. The van der Waals surface area contributed by atoms with Crippen molar-refractivity contribution in [3.8, 4) is 11.1 Å². The van der Waals surface area contributed by atoms with Crippen molar-refractivity contribution < 1.29 is 13.2 Å². The maximum absolute atomic E-state index is 12.4. The zero-order valence-corrected chi connectivity index (χ0v) is 10.7. The molecule has 5 heteroatoms. The fourth-order valence-electron chi connectivity index (χ4n) is 1.43. The van der Waals surface area contributed by atoms with Crippen LogP contribution in [0.2, 0.25) is 0 Å². The first-order valence-corrected chi connectivity index (χ1v) is 5.83. The van der Waals surface area contributed by atoms with Gasteiger partial charge in [0.05, 0.1) is 5.56 Å². The van der Waals surface area contributed by atoms with E-state index in [1.807, 2.05) is 6.07 Å². The molecule has 2 aromatic rings. The molecule has 0 saturated heterocycles. The van der Waals surface area contributed by atoms with E-state index in [4.69, 9.17) is 0 Å². The van der Waals surface area contributed by atoms with Gasteiger partial charge in [0.2, 0.25) is 0 Å². The van der Waals surface area contributed by atoms with E-state index in [2.05, 4.69) is 27.6 Å². The summed E-state index contributed by atoms with van der Waals surface area (Å²) in [4.78, 5) is 3.97. The zero-order valence-electron chi connectivity index (χ0n) is 8.50. The van der Waals surface area contributed by atoms with Gasteiger partial charge in [0.15, 0.2) is 0 Å². The predicted molar refractivity (Wildman–Crippen MR) is 67.4 cm³/mol. The summed E-state index contributed by atoms with van der Waals surface area (Å²) in [5, 5.41) is 0. The standard InChI is InChI=1S/C12H7F3IN/c13-12(14,15)9-3-1-8(2-4-9)10-7-17-6-5-11(10)16/h1-7H. The van der Waals surface area contributed by atoms with Gasteiger partial charge in [-0.25, -0.2) is 0 Å². The summed E-state index contributed by atoms with van der Waals surface area (Å²) >= 11 is 2.13. The third kappa shape index (κ3) is 2.77. The Morgan fingerprint density at radius 3 is 2.18 bits per heavy atom. The highest BCUT2D eigenvalue weighted by Crippen LogP contribution is 2.31. The van der Waals surface area contributed by atoms with Crippen molar-refractivity contribution in [1.29, 1.82) is 0 Å². The molecular formula is C12H7F3IN. The fourth-order valence-corrected chi connectivity index (χ4v) is 2.04. The number of rotatable bonds is 1. The van der Waals surface area contributed by atoms with Gasteiger partial charge in [-0.05, 0) is 46.4 Å². The minimum absolute atomic E-state index is 0.639. The number of alkyl halides is 3. The highest BCUT2D eigenvalue weighted by atomic mass is 127. The van der Waals surface area contributed by atoms with Crippen molar-refractivity contribution in [2.24, 2.45) is 0 Å². The van der Waals surface area contributed by atoms with Gasteiger partial charge < -0.3 is 0 Å². The molecule has 1 aromatic heterocycles. The second-order valence-electron chi connectivity index (χ2n) is 3.43. The molecule has 0 aliphatic heterocycles. The van der Waals surface area contributed by atoms with Crippen LogP contribution in [0, 0.1) is 3.57 Å². The molecule has 0 unspecified atom stereocenters. The summed E-state index contributed by atoms with van der Waals surface area (Å²) in [5.41, 5.74) is 0.928. The monoisotopic (exact) mass is 349 g/mol. The molecule has 0 atom stereocenters. The molecule has 0 bridgehead atoms. The van der Waals surface area contributed by atoms with Crippen LogP contribution in [-0.2, 0) is 6.18 Å². The van der Waals surface area contributed by atoms with E-state index >= 15 is 0 Å². The first-order valence-electron chi connectivity index (χ1n) is 4.75. The van der Waals surface area contributed by atoms with Crippen molar-refractivity contribution in [1.82, 2.24) is 4.98 Å². The first kappa shape index (κ1) is 12.3. The molecule has 17 heavy (non-hydrogen) atoms. The third-order valence-corrected chi connectivity index (χ3v) is 3.23. The van der Waals surface area contributed by atoms with Crippen LogP contribution < -0.4 is 0 Å². The molecule has 0 radical (unpaired) electrons. The van der Waals surface area contributed by atoms with Gasteiger partial charge in [-0.15, -0.1) is 0 Å². The maximum atomic E-state index is 12.4. The van der Waals surface area contributed by atoms with E-state index in [9.17, 15) is 13.2 Å². The highest BCUT2D eigenvalue weighted by Gasteiger charge is 2.29. The molecule has 1 nitrogen and oxygen atoms in total.